The first-order valence-corrected chi connectivity index (χ1v) is 6.61. The molecule has 78 valence electrons. The highest BCUT2D eigenvalue weighted by atomic mass is 32.1. The standard InChI is InChI=1S/C12H13NS2/c13-7-1-4-10(11-5-2-8-14-11)12-6-3-9-15-12/h1-3,5-10H,4,13H2. The van der Waals surface area contributed by atoms with E-state index in [1.165, 1.54) is 9.75 Å². The Balaban J connectivity index is 2.24. The van der Waals surface area contributed by atoms with E-state index in [2.05, 4.69) is 35.0 Å². The normalized spacial score (nSPS) is 11.5. The van der Waals surface area contributed by atoms with Gasteiger partial charge in [-0.1, -0.05) is 18.2 Å². The zero-order valence-corrected chi connectivity index (χ0v) is 9.93. The van der Waals surface area contributed by atoms with Crippen molar-refractivity contribution in [3.05, 3.63) is 57.1 Å². The number of nitrogens with two attached hydrogens (primary N) is 1. The summed E-state index contributed by atoms with van der Waals surface area (Å²) in [5.41, 5.74) is 5.41. The highest BCUT2D eigenvalue weighted by Gasteiger charge is 2.14. The lowest BCUT2D eigenvalue weighted by Gasteiger charge is -2.10. The molecule has 0 unspecified atom stereocenters. The summed E-state index contributed by atoms with van der Waals surface area (Å²) < 4.78 is 0. The van der Waals surface area contributed by atoms with Gasteiger partial charge in [-0.2, -0.15) is 0 Å². The molecule has 0 spiro atoms. The maximum Gasteiger partial charge on any atom is 0.0313 e. The highest BCUT2D eigenvalue weighted by molar-refractivity contribution is 7.11. The fourth-order valence-corrected chi connectivity index (χ4v) is 3.36. The molecule has 0 amide bonds. The fraction of sp³-hybridized carbons (Fsp3) is 0.167. The monoisotopic (exact) mass is 235 g/mol. The van der Waals surface area contributed by atoms with Crippen molar-refractivity contribution in [2.24, 2.45) is 5.73 Å². The Bertz CT molecular complexity index is 367. The first-order chi connectivity index (χ1) is 7.42. The molecule has 0 atom stereocenters. The molecule has 0 aliphatic heterocycles. The SMILES string of the molecule is NC=CCC(c1cccs1)c1cccs1. The molecule has 0 saturated carbocycles. The average Bonchev–Trinajstić information content (AvgIpc) is 2.90. The Morgan fingerprint density at radius 2 is 1.73 bits per heavy atom. The van der Waals surface area contributed by atoms with E-state index in [1.54, 1.807) is 6.20 Å². The predicted octanol–water partition coefficient (Wildman–Crippen LogP) is 3.80. The quantitative estimate of drug-likeness (QED) is 0.857. The van der Waals surface area contributed by atoms with Crippen LogP contribution in [0.25, 0.3) is 0 Å². The largest absolute Gasteiger partial charge is 0.405 e. The Labute approximate surface area is 97.9 Å². The maximum atomic E-state index is 5.41. The minimum absolute atomic E-state index is 0.477. The van der Waals surface area contributed by atoms with Crippen LogP contribution in [0.2, 0.25) is 0 Å². The van der Waals surface area contributed by atoms with E-state index in [-0.39, 0.29) is 0 Å². The van der Waals surface area contributed by atoms with Crippen molar-refractivity contribution in [3.63, 3.8) is 0 Å². The lowest BCUT2D eigenvalue weighted by Crippen LogP contribution is -1.95. The van der Waals surface area contributed by atoms with Crippen LogP contribution in [0.4, 0.5) is 0 Å². The Morgan fingerprint density at radius 1 is 1.13 bits per heavy atom. The minimum Gasteiger partial charge on any atom is -0.405 e. The van der Waals surface area contributed by atoms with Crippen LogP contribution in [0, 0.1) is 0 Å². The highest BCUT2D eigenvalue weighted by Crippen LogP contribution is 2.33. The molecule has 2 aromatic rings. The van der Waals surface area contributed by atoms with Crippen molar-refractivity contribution in [2.75, 3.05) is 0 Å². The molecule has 0 radical (unpaired) electrons. The van der Waals surface area contributed by atoms with Crippen LogP contribution in [0.1, 0.15) is 22.1 Å². The van der Waals surface area contributed by atoms with Crippen molar-refractivity contribution in [1.29, 1.82) is 0 Å². The second-order valence-corrected chi connectivity index (χ2v) is 5.21. The summed E-state index contributed by atoms with van der Waals surface area (Å²) in [6.07, 6.45) is 4.65. The van der Waals surface area contributed by atoms with Crippen LogP contribution in [0.3, 0.4) is 0 Å². The van der Waals surface area contributed by atoms with E-state index >= 15 is 0 Å². The van der Waals surface area contributed by atoms with Gasteiger partial charge in [0.25, 0.3) is 0 Å². The van der Waals surface area contributed by atoms with E-state index in [1.807, 2.05) is 28.7 Å². The molecule has 0 bridgehead atoms. The average molecular weight is 235 g/mol. The topological polar surface area (TPSA) is 26.0 Å². The van der Waals surface area contributed by atoms with Crippen LogP contribution >= 0.6 is 22.7 Å². The van der Waals surface area contributed by atoms with Gasteiger partial charge in [0.1, 0.15) is 0 Å². The molecule has 0 aromatic carbocycles. The van der Waals surface area contributed by atoms with E-state index in [4.69, 9.17) is 5.73 Å². The van der Waals surface area contributed by atoms with Crippen molar-refractivity contribution < 1.29 is 0 Å². The van der Waals surface area contributed by atoms with Gasteiger partial charge in [0.2, 0.25) is 0 Å². The van der Waals surface area contributed by atoms with E-state index < -0.39 is 0 Å². The molecule has 0 aliphatic rings. The van der Waals surface area contributed by atoms with Crippen molar-refractivity contribution in [3.8, 4) is 0 Å². The summed E-state index contributed by atoms with van der Waals surface area (Å²) in [6.45, 7) is 0. The van der Waals surface area contributed by atoms with Gasteiger partial charge in [0, 0.05) is 15.7 Å². The minimum atomic E-state index is 0.477. The van der Waals surface area contributed by atoms with Gasteiger partial charge < -0.3 is 5.73 Å². The van der Waals surface area contributed by atoms with Crippen molar-refractivity contribution in [2.45, 2.75) is 12.3 Å². The summed E-state index contributed by atoms with van der Waals surface area (Å²) in [5.74, 6) is 0.477. The van der Waals surface area contributed by atoms with Crippen LogP contribution in [0.5, 0.6) is 0 Å². The molecule has 3 heteroatoms. The second kappa shape index (κ2) is 5.14. The van der Waals surface area contributed by atoms with E-state index in [0.29, 0.717) is 5.92 Å². The maximum absolute atomic E-state index is 5.41. The third-order valence-electron chi connectivity index (χ3n) is 2.28. The predicted molar refractivity (Wildman–Crippen MR) is 68.4 cm³/mol. The molecule has 1 nitrogen and oxygen atoms in total. The molecular weight excluding hydrogens is 222 g/mol. The van der Waals surface area contributed by atoms with Gasteiger partial charge in [-0.05, 0) is 35.5 Å². The molecule has 2 N–H and O–H groups in total. The fourth-order valence-electron chi connectivity index (χ4n) is 1.57. The van der Waals surface area contributed by atoms with E-state index in [0.717, 1.165) is 6.42 Å². The van der Waals surface area contributed by atoms with Gasteiger partial charge >= 0.3 is 0 Å². The lowest BCUT2D eigenvalue weighted by molar-refractivity contribution is 0.866. The van der Waals surface area contributed by atoms with Gasteiger partial charge in [-0.25, -0.2) is 0 Å². The van der Waals surface area contributed by atoms with Crippen LogP contribution < -0.4 is 5.73 Å². The van der Waals surface area contributed by atoms with E-state index in [9.17, 15) is 0 Å². The molecule has 0 aliphatic carbocycles. The number of hydrogen-bond acceptors (Lipinski definition) is 3. The number of thiophene rings is 2. The number of allylic oxidation sites excluding steroid dienone is 1. The molecule has 15 heavy (non-hydrogen) atoms. The second-order valence-electron chi connectivity index (χ2n) is 3.25. The third-order valence-corrected chi connectivity index (χ3v) is 4.25. The summed E-state index contributed by atoms with van der Waals surface area (Å²) in [4.78, 5) is 2.83. The summed E-state index contributed by atoms with van der Waals surface area (Å²) in [5, 5.41) is 4.25. The molecule has 0 fully saturated rings. The third kappa shape index (κ3) is 2.49. The van der Waals surface area contributed by atoms with Gasteiger partial charge in [0.15, 0.2) is 0 Å². The van der Waals surface area contributed by atoms with Gasteiger partial charge in [-0.3, -0.25) is 0 Å². The zero-order chi connectivity index (χ0) is 10.5. The number of hydrogen-bond donors (Lipinski definition) is 1. The molecule has 2 rings (SSSR count). The van der Waals surface area contributed by atoms with Gasteiger partial charge in [-0.15, -0.1) is 22.7 Å². The zero-order valence-electron chi connectivity index (χ0n) is 8.30. The molecule has 2 heterocycles. The van der Waals surface area contributed by atoms with Crippen LogP contribution in [-0.2, 0) is 0 Å². The lowest BCUT2D eigenvalue weighted by atomic mass is 10.0. The number of rotatable bonds is 4. The molecule has 0 saturated heterocycles. The first-order valence-electron chi connectivity index (χ1n) is 4.85. The Kier molecular flexibility index (Phi) is 3.59. The summed E-state index contributed by atoms with van der Waals surface area (Å²) in [7, 11) is 0. The smallest absolute Gasteiger partial charge is 0.0313 e. The van der Waals surface area contributed by atoms with Crippen LogP contribution in [-0.4, -0.2) is 0 Å². The van der Waals surface area contributed by atoms with Crippen LogP contribution in [0.15, 0.2) is 47.3 Å². The van der Waals surface area contributed by atoms with Gasteiger partial charge in [0.05, 0.1) is 0 Å². The Hall–Kier alpha value is -1.06. The molecule has 2 aromatic heterocycles. The first kappa shape index (κ1) is 10.5. The Morgan fingerprint density at radius 3 is 2.13 bits per heavy atom. The summed E-state index contributed by atoms with van der Waals surface area (Å²) >= 11 is 3.62. The summed E-state index contributed by atoms with van der Waals surface area (Å²) in [6, 6.07) is 8.60. The van der Waals surface area contributed by atoms with Crippen molar-refractivity contribution in [1.82, 2.24) is 0 Å². The van der Waals surface area contributed by atoms with Crippen molar-refractivity contribution >= 4 is 22.7 Å². The molecular formula is C12H13NS2.